The van der Waals surface area contributed by atoms with E-state index < -0.39 is 44.5 Å². The fraction of sp³-hybridized carbons (Fsp3) is 0.375. The Morgan fingerprint density at radius 2 is 1.72 bits per heavy atom. The number of nitrogens with one attached hydrogen (secondary N) is 2. The molecule has 0 unspecified atom stereocenters. The third kappa shape index (κ3) is 6.76. The monoisotopic (exact) mass is 667 g/mol. The van der Waals surface area contributed by atoms with Gasteiger partial charge in [0.2, 0.25) is 5.78 Å². The molecule has 1 saturated carbocycles. The zero-order chi connectivity index (χ0) is 33.7. The summed E-state index contributed by atoms with van der Waals surface area (Å²) in [5.41, 5.74) is -0.372. The van der Waals surface area contributed by atoms with E-state index in [4.69, 9.17) is 4.74 Å². The van der Waals surface area contributed by atoms with E-state index in [1.54, 1.807) is 23.4 Å². The summed E-state index contributed by atoms with van der Waals surface area (Å²) in [5, 5.41) is 0.327. The number of piperazine rings is 1. The molecule has 1 aliphatic carbocycles. The van der Waals surface area contributed by atoms with Crippen LogP contribution in [0.25, 0.3) is 22.2 Å². The molecule has 2 fully saturated rings. The van der Waals surface area contributed by atoms with Crippen LogP contribution in [0.5, 0.6) is 0 Å². The number of carbonyl (C=O) groups excluding carboxylic acids is 2. The molecule has 6 rings (SSSR count). The number of nitrogens with zero attached hydrogens (tertiary/aromatic N) is 5. The van der Waals surface area contributed by atoms with Crippen LogP contribution in [-0.4, -0.2) is 89.3 Å². The van der Waals surface area contributed by atoms with Gasteiger partial charge in [-0.25, -0.2) is 23.5 Å². The number of halogens is 2. The van der Waals surface area contributed by atoms with Crippen LogP contribution in [0, 0.1) is 11.6 Å². The summed E-state index contributed by atoms with van der Waals surface area (Å²) in [4.78, 5) is 41.6. The minimum absolute atomic E-state index is 0.0327. The molecule has 0 radical (unpaired) electrons. The van der Waals surface area contributed by atoms with Crippen molar-refractivity contribution in [3.05, 3.63) is 71.7 Å². The Morgan fingerprint density at radius 1 is 1.02 bits per heavy atom. The zero-order valence-corrected chi connectivity index (χ0v) is 27.2. The smallest absolute Gasteiger partial charge is 0.410 e. The van der Waals surface area contributed by atoms with Crippen LogP contribution in [0.15, 0.2) is 48.9 Å². The van der Waals surface area contributed by atoms with Crippen LogP contribution in [0.3, 0.4) is 0 Å². The summed E-state index contributed by atoms with van der Waals surface area (Å²) in [6, 6.07) is 7.00. The third-order valence-electron chi connectivity index (χ3n) is 8.11. The van der Waals surface area contributed by atoms with Crippen LogP contribution >= 0.6 is 0 Å². The first-order chi connectivity index (χ1) is 22.2. The highest BCUT2D eigenvalue weighted by Crippen LogP contribution is 2.32. The predicted octanol–water partition coefficient (Wildman–Crippen LogP) is 4.94. The second-order valence-corrected chi connectivity index (χ2v) is 14.4. The molecular weight excluding hydrogens is 632 g/mol. The number of rotatable bonds is 8. The minimum Gasteiger partial charge on any atom is -0.444 e. The van der Waals surface area contributed by atoms with E-state index >= 15 is 4.39 Å². The number of ketones is 1. The van der Waals surface area contributed by atoms with Gasteiger partial charge in [-0.05, 0) is 63.9 Å². The molecule has 47 heavy (non-hydrogen) atoms. The SMILES string of the molecule is CN(C1CC1)S(=O)(=O)Nc1ccc(F)c(C(=O)c2c[nH]c3ncc(-c4ccc(N5CCN(C(=O)OC(C)(C)C)CC5)nc4)cc23)c1F. The number of aromatic nitrogens is 3. The van der Waals surface area contributed by atoms with E-state index in [0.717, 1.165) is 22.3 Å². The number of fused-ring (bicyclic) bond motifs is 1. The molecule has 248 valence electrons. The molecule has 1 aromatic carbocycles. The largest absolute Gasteiger partial charge is 0.444 e. The molecule has 2 N–H and O–H groups in total. The van der Waals surface area contributed by atoms with Gasteiger partial charge in [0.15, 0.2) is 5.82 Å². The molecule has 0 atom stereocenters. The lowest BCUT2D eigenvalue weighted by atomic mass is 10.00. The number of aromatic amines is 1. The standard InChI is InChI=1S/C32H35F2N7O5S/c1-32(2,3)46-31(43)41-13-11-40(12-14-41)26-10-5-19(16-35-26)20-15-22-23(18-37-30(22)36-17-20)29(42)27-24(33)8-9-25(28(27)34)38-47(44,45)39(4)21-6-7-21/h5,8-10,15-18,21,38H,6-7,11-14H2,1-4H3,(H,36,37). The summed E-state index contributed by atoms with van der Waals surface area (Å²) >= 11 is 0. The Bertz CT molecular complexity index is 1950. The normalized spacial score (nSPS) is 15.7. The Morgan fingerprint density at radius 3 is 2.36 bits per heavy atom. The fourth-order valence-electron chi connectivity index (χ4n) is 5.36. The van der Waals surface area contributed by atoms with Crippen molar-refractivity contribution in [2.75, 3.05) is 42.8 Å². The number of ether oxygens (including phenoxy) is 1. The second kappa shape index (κ2) is 12.2. The van der Waals surface area contributed by atoms with Crippen molar-refractivity contribution >= 4 is 44.6 Å². The van der Waals surface area contributed by atoms with E-state index in [9.17, 15) is 22.4 Å². The average Bonchev–Trinajstić information content (AvgIpc) is 3.79. The maximum atomic E-state index is 15.6. The molecular formula is C32H35F2N7O5S. The Balaban J connectivity index is 1.20. The van der Waals surface area contributed by atoms with Crippen LogP contribution < -0.4 is 9.62 Å². The summed E-state index contributed by atoms with van der Waals surface area (Å²) in [6.07, 6.45) is 5.62. The molecule has 1 aliphatic heterocycles. The molecule has 4 aromatic rings. The molecule has 1 saturated heterocycles. The van der Waals surface area contributed by atoms with Gasteiger partial charge in [0.1, 0.15) is 22.9 Å². The Labute approximate surface area is 270 Å². The van der Waals surface area contributed by atoms with Crippen LogP contribution in [0.2, 0.25) is 0 Å². The molecule has 12 nitrogen and oxygen atoms in total. The van der Waals surface area contributed by atoms with Gasteiger partial charge in [-0.15, -0.1) is 0 Å². The van der Waals surface area contributed by atoms with Gasteiger partial charge in [-0.2, -0.15) is 12.7 Å². The highest BCUT2D eigenvalue weighted by molar-refractivity contribution is 7.90. The van der Waals surface area contributed by atoms with Crippen LogP contribution in [-0.2, 0) is 14.9 Å². The fourth-order valence-corrected chi connectivity index (χ4v) is 6.54. The number of H-pyrrole nitrogens is 1. The van der Waals surface area contributed by atoms with Gasteiger partial charge in [0, 0.05) is 79.9 Å². The van der Waals surface area contributed by atoms with E-state index in [2.05, 4.69) is 24.6 Å². The molecule has 15 heteroatoms. The summed E-state index contributed by atoms with van der Waals surface area (Å²) < 4.78 is 64.6. The lowest BCUT2D eigenvalue weighted by molar-refractivity contribution is 0.0240. The van der Waals surface area contributed by atoms with Gasteiger partial charge in [-0.1, -0.05) is 0 Å². The maximum Gasteiger partial charge on any atom is 0.410 e. The van der Waals surface area contributed by atoms with Gasteiger partial charge >= 0.3 is 16.3 Å². The second-order valence-electron chi connectivity index (χ2n) is 12.6. The number of hydrogen-bond donors (Lipinski definition) is 2. The Hall–Kier alpha value is -4.63. The van der Waals surface area contributed by atoms with Gasteiger partial charge in [-0.3, -0.25) is 9.52 Å². The topological polar surface area (TPSA) is 141 Å². The molecule has 0 spiro atoms. The van der Waals surface area contributed by atoms with Crippen LogP contribution in [0.4, 0.5) is 25.1 Å². The number of hydrogen-bond acceptors (Lipinski definition) is 8. The van der Waals surface area contributed by atoms with Crippen molar-refractivity contribution in [2.45, 2.75) is 45.3 Å². The first-order valence-corrected chi connectivity index (χ1v) is 16.6. The predicted molar refractivity (Wildman–Crippen MR) is 172 cm³/mol. The molecule has 3 aromatic heterocycles. The summed E-state index contributed by atoms with van der Waals surface area (Å²) in [7, 11) is -2.73. The van der Waals surface area contributed by atoms with Crippen LogP contribution in [0.1, 0.15) is 49.5 Å². The number of anilines is 2. The summed E-state index contributed by atoms with van der Waals surface area (Å²) in [5.74, 6) is -2.68. The maximum absolute atomic E-state index is 15.6. The molecule has 1 amide bonds. The van der Waals surface area contributed by atoms with E-state index in [0.29, 0.717) is 61.2 Å². The molecule has 4 heterocycles. The molecule has 2 aliphatic rings. The van der Waals surface area contributed by atoms with Crippen molar-refractivity contribution < 1.29 is 31.5 Å². The third-order valence-corrected chi connectivity index (χ3v) is 9.64. The number of carbonyl (C=O) groups is 2. The quantitative estimate of drug-likeness (QED) is 0.252. The van der Waals surface area contributed by atoms with Gasteiger partial charge in [0.05, 0.1) is 11.3 Å². The Kier molecular flexibility index (Phi) is 8.38. The minimum atomic E-state index is -4.11. The lowest BCUT2D eigenvalue weighted by Gasteiger charge is -2.36. The van der Waals surface area contributed by atoms with E-state index in [1.807, 2.05) is 32.9 Å². The van der Waals surface area contributed by atoms with Crippen molar-refractivity contribution in [3.8, 4) is 11.1 Å². The van der Waals surface area contributed by atoms with Crippen molar-refractivity contribution in [1.82, 2.24) is 24.2 Å². The summed E-state index contributed by atoms with van der Waals surface area (Å²) in [6.45, 7) is 7.65. The highest BCUT2D eigenvalue weighted by atomic mass is 32.2. The lowest BCUT2D eigenvalue weighted by Crippen LogP contribution is -2.50. The van der Waals surface area contributed by atoms with E-state index in [-0.39, 0.29) is 17.7 Å². The van der Waals surface area contributed by atoms with Crippen molar-refractivity contribution in [2.24, 2.45) is 0 Å². The van der Waals surface area contributed by atoms with E-state index in [1.165, 1.54) is 13.2 Å². The number of benzene rings is 1. The van der Waals surface area contributed by atoms with Crippen molar-refractivity contribution in [3.63, 3.8) is 0 Å². The number of amides is 1. The van der Waals surface area contributed by atoms with Crippen molar-refractivity contribution in [1.29, 1.82) is 0 Å². The zero-order valence-electron chi connectivity index (χ0n) is 26.4. The van der Waals surface area contributed by atoms with Gasteiger partial charge < -0.3 is 19.5 Å². The first kappa shape index (κ1) is 32.3. The first-order valence-electron chi connectivity index (χ1n) is 15.2. The number of pyridine rings is 2. The average molecular weight is 668 g/mol. The highest BCUT2D eigenvalue weighted by Gasteiger charge is 2.35. The molecule has 0 bridgehead atoms. The van der Waals surface area contributed by atoms with Gasteiger partial charge in [0.25, 0.3) is 0 Å².